The summed E-state index contributed by atoms with van der Waals surface area (Å²) in [4.78, 5) is 23.7. The zero-order valence-corrected chi connectivity index (χ0v) is 13.7. The third-order valence-electron chi connectivity index (χ3n) is 3.24. The van der Waals surface area contributed by atoms with E-state index in [4.69, 9.17) is 28.9 Å². The molecule has 2 aromatic carbocycles. The van der Waals surface area contributed by atoms with Gasteiger partial charge < -0.3 is 11.1 Å². The molecule has 24 heavy (non-hydrogen) atoms. The third-order valence-corrected chi connectivity index (χ3v) is 3.95. The van der Waals surface area contributed by atoms with Crippen LogP contribution in [0.5, 0.6) is 0 Å². The summed E-state index contributed by atoms with van der Waals surface area (Å²) in [6.45, 7) is 0. The van der Waals surface area contributed by atoms with Crippen molar-refractivity contribution >= 4 is 35.0 Å². The monoisotopic (exact) mass is 372 g/mol. The van der Waals surface area contributed by atoms with Crippen LogP contribution in [0.25, 0.3) is 0 Å². The molecule has 0 unspecified atom stereocenters. The Kier molecular flexibility index (Phi) is 5.75. The van der Waals surface area contributed by atoms with Gasteiger partial charge in [0.15, 0.2) is 0 Å². The number of carbonyl (C=O) groups is 2. The minimum absolute atomic E-state index is 0.0582. The van der Waals surface area contributed by atoms with Gasteiger partial charge in [0.1, 0.15) is 17.7 Å². The van der Waals surface area contributed by atoms with Crippen LogP contribution in [0.4, 0.5) is 8.78 Å². The summed E-state index contributed by atoms with van der Waals surface area (Å²) in [6.07, 6.45) is -0.0582. The van der Waals surface area contributed by atoms with E-state index < -0.39 is 29.5 Å². The Labute approximate surface area is 146 Å². The zero-order chi connectivity index (χ0) is 17.9. The smallest absolute Gasteiger partial charge is 0.252 e. The van der Waals surface area contributed by atoms with Crippen molar-refractivity contribution in [1.29, 1.82) is 0 Å². The van der Waals surface area contributed by atoms with Crippen LogP contribution in [0.2, 0.25) is 10.0 Å². The number of rotatable bonds is 5. The van der Waals surface area contributed by atoms with E-state index in [0.717, 1.165) is 12.1 Å². The molecule has 0 fully saturated rings. The summed E-state index contributed by atoms with van der Waals surface area (Å²) < 4.78 is 26.4. The number of nitrogens with two attached hydrogens (primary N) is 1. The van der Waals surface area contributed by atoms with E-state index in [1.54, 1.807) is 18.2 Å². The summed E-state index contributed by atoms with van der Waals surface area (Å²) in [5, 5.41) is 2.94. The van der Waals surface area contributed by atoms with E-state index in [0.29, 0.717) is 21.7 Å². The fourth-order valence-corrected chi connectivity index (χ4v) is 2.63. The number of halogens is 4. The highest BCUT2D eigenvalue weighted by Crippen LogP contribution is 2.25. The minimum Gasteiger partial charge on any atom is -0.368 e. The number of amides is 2. The van der Waals surface area contributed by atoms with Gasteiger partial charge in [-0.05, 0) is 29.8 Å². The fourth-order valence-electron chi connectivity index (χ4n) is 2.08. The van der Waals surface area contributed by atoms with E-state index >= 15 is 0 Å². The summed E-state index contributed by atoms with van der Waals surface area (Å²) in [6, 6.07) is 5.95. The van der Waals surface area contributed by atoms with Gasteiger partial charge in [0.05, 0.1) is 0 Å². The van der Waals surface area contributed by atoms with Gasteiger partial charge in [-0.2, -0.15) is 0 Å². The Morgan fingerprint density at radius 3 is 2.12 bits per heavy atom. The highest BCUT2D eigenvalue weighted by atomic mass is 35.5. The molecular formula is C16H12Cl2F2N2O2. The lowest BCUT2D eigenvalue weighted by molar-refractivity contribution is -0.119. The molecule has 0 aliphatic carbocycles. The average molecular weight is 373 g/mol. The van der Waals surface area contributed by atoms with Gasteiger partial charge in [-0.3, -0.25) is 9.59 Å². The van der Waals surface area contributed by atoms with Crippen molar-refractivity contribution in [3.63, 3.8) is 0 Å². The average Bonchev–Trinajstić information content (AvgIpc) is 2.48. The number of hydrogen-bond acceptors (Lipinski definition) is 2. The van der Waals surface area contributed by atoms with Crippen molar-refractivity contribution in [2.45, 2.75) is 12.5 Å². The van der Waals surface area contributed by atoms with Gasteiger partial charge in [-0.1, -0.05) is 29.3 Å². The summed E-state index contributed by atoms with van der Waals surface area (Å²) in [5.74, 6) is -3.51. The van der Waals surface area contributed by atoms with Crippen molar-refractivity contribution in [1.82, 2.24) is 5.32 Å². The van der Waals surface area contributed by atoms with Crippen LogP contribution in [-0.2, 0) is 11.2 Å². The van der Waals surface area contributed by atoms with E-state index in [-0.39, 0.29) is 12.0 Å². The van der Waals surface area contributed by atoms with E-state index in [9.17, 15) is 18.4 Å². The molecule has 3 N–H and O–H groups in total. The Balaban J connectivity index is 2.22. The van der Waals surface area contributed by atoms with Crippen LogP contribution >= 0.6 is 23.2 Å². The lowest BCUT2D eigenvalue weighted by atomic mass is 10.0. The van der Waals surface area contributed by atoms with Crippen LogP contribution in [0.3, 0.4) is 0 Å². The second kappa shape index (κ2) is 7.59. The lowest BCUT2D eigenvalue weighted by Crippen LogP contribution is -2.46. The lowest BCUT2D eigenvalue weighted by Gasteiger charge is -2.17. The number of nitrogens with one attached hydrogen (secondary N) is 1. The Bertz CT molecular complexity index is 759. The summed E-state index contributed by atoms with van der Waals surface area (Å²) >= 11 is 12.0. The first-order valence-electron chi connectivity index (χ1n) is 6.77. The van der Waals surface area contributed by atoms with E-state index in [1.807, 2.05) is 0 Å². The molecule has 0 saturated heterocycles. The van der Waals surface area contributed by atoms with Gasteiger partial charge in [0, 0.05) is 28.1 Å². The third kappa shape index (κ3) is 4.43. The Morgan fingerprint density at radius 1 is 1.08 bits per heavy atom. The van der Waals surface area contributed by atoms with Crippen molar-refractivity contribution in [3.8, 4) is 0 Å². The topological polar surface area (TPSA) is 72.2 Å². The maximum absolute atomic E-state index is 13.2. The fraction of sp³-hybridized carbons (Fsp3) is 0.125. The molecular weight excluding hydrogens is 361 g/mol. The number of benzene rings is 2. The van der Waals surface area contributed by atoms with E-state index in [2.05, 4.69) is 5.32 Å². The molecule has 0 aromatic heterocycles. The molecule has 0 bridgehead atoms. The van der Waals surface area contributed by atoms with Gasteiger partial charge in [0.2, 0.25) is 5.91 Å². The zero-order valence-electron chi connectivity index (χ0n) is 12.2. The highest BCUT2D eigenvalue weighted by molar-refractivity contribution is 6.36. The standard InChI is InChI=1S/C16H12Cl2F2N2O2/c17-12-2-1-3-13(18)11(12)7-14(15(21)23)22-16(24)8-4-9(19)6-10(20)5-8/h1-6,14H,7H2,(H2,21,23)(H,22,24)/t14-/m1/s1. The molecule has 0 spiro atoms. The SMILES string of the molecule is NC(=O)[C@@H](Cc1c(Cl)cccc1Cl)NC(=O)c1cc(F)cc(F)c1. The Morgan fingerprint density at radius 2 is 1.62 bits per heavy atom. The van der Waals surface area contributed by atoms with Crippen LogP contribution in [0, 0.1) is 11.6 Å². The van der Waals surface area contributed by atoms with E-state index in [1.165, 1.54) is 0 Å². The predicted octanol–water partition coefficient (Wildman–Crippen LogP) is 3.10. The maximum Gasteiger partial charge on any atom is 0.252 e. The molecule has 0 heterocycles. The molecule has 1 atom stereocenters. The highest BCUT2D eigenvalue weighted by Gasteiger charge is 2.22. The first-order chi connectivity index (χ1) is 11.3. The van der Waals surface area contributed by atoms with Gasteiger partial charge in [-0.15, -0.1) is 0 Å². The number of hydrogen-bond donors (Lipinski definition) is 2. The molecule has 0 aliphatic rings. The Hall–Kier alpha value is -2.18. The molecule has 8 heteroatoms. The number of carbonyl (C=O) groups excluding carboxylic acids is 2. The first kappa shape index (κ1) is 18.2. The van der Waals surface area contributed by atoms with Crippen molar-refractivity contribution in [2.75, 3.05) is 0 Å². The summed E-state index contributed by atoms with van der Waals surface area (Å²) in [5.41, 5.74) is 5.44. The largest absolute Gasteiger partial charge is 0.368 e. The normalized spacial score (nSPS) is 11.8. The molecule has 2 rings (SSSR count). The number of primary amides is 1. The minimum atomic E-state index is -1.15. The quantitative estimate of drug-likeness (QED) is 0.846. The van der Waals surface area contributed by atoms with Gasteiger partial charge in [-0.25, -0.2) is 8.78 Å². The first-order valence-corrected chi connectivity index (χ1v) is 7.52. The van der Waals surface area contributed by atoms with Crippen molar-refractivity contribution < 1.29 is 18.4 Å². The van der Waals surface area contributed by atoms with Crippen LogP contribution < -0.4 is 11.1 Å². The maximum atomic E-state index is 13.2. The predicted molar refractivity (Wildman–Crippen MR) is 87.0 cm³/mol. The van der Waals surface area contributed by atoms with Crippen LogP contribution in [-0.4, -0.2) is 17.9 Å². The van der Waals surface area contributed by atoms with Crippen molar-refractivity contribution in [2.24, 2.45) is 5.73 Å². The second-order valence-corrected chi connectivity index (χ2v) is 5.81. The van der Waals surface area contributed by atoms with Gasteiger partial charge in [0.25, 0.3) is 5.91 Å². The molecule has 0 saturated carbocycles. The molecule has 2 amide bonds. The molecule has 0 radical (unpaired) electrons. The van der Waals surface area contributed by atoms with Crippen molar-refractivity contribution in [3.05, 3.63) is 69.2 Å². The van der Waals surface area contributed by atoms with Crippen LogP contribution in [0.15, 0.2) is 36.4 Å². The van der Waals surface area contributed by atoms with Gasteiger partial charge >= 0.3 is 0 Å². The summed E-state index contributed by atoms with van der Waals surface area (Å²) in [7, 11) is 0. The molecule has 126 valence electrons. The molecule has 0 aliphatic heterocycles. The van der Waals surface area contributed by atoms with Crippen LogP contribution in [0.1, 0.15) is 15.9 Å². The molecule has 2 aromatic rings. The molecule has 4 nitrogen and oxygen atoms in total. The second-order valence-electron chi connectivity index (χ2n) is 4.99.